The van der Waals surface area contributed by atoms with Crippen LogP contribution >= 0.6 is 0 Å². The molecule has 8 nitrogen and oxygen atoms in total. The summed E-state index contributed by atoms with van der Waals surface area (Å²) >= 11 is 0. The van der Waals surface area contributed by atoms with Crippen molar-refractivity contribution in [1.29, 1.82) is 5.41 Å². The molecule has 8 heteroatoms. The van der Waals surface area contributed by atoms with Gasteiger partial charge in [0.05, 0.1) is 48.3 Å². The maximum absolute atomic E-state index is 9.12. The first-order valence-electron chi connectivity index (χ1n) is 11.3. The molecule has 0 saturated carbocycles. The highest BCUT2D eigenvalue weighted by atomic mass is 16.5. The molecule has 3 aromatic heterocycles. The Morgan fingerprint density at radius 1 is 1.00 bits per heavy atom. The van der Waals surface area contributed by atoms with Crippen LogP contribution < -0.4 is 15.0 Å². The monoisotopic (exact) mass is 465 g/mol. The lowest BCUT2D eigenvalue weighted by atomic mass is 9.84. The summed E-state index contributed by atoms with van der Waals surface area (Å²) in [5, 5.41) is 13.9. The molecule has 0 radical (unpaired) electrons. The molecule has 0 aliphatic carbocycles. The molecule has 0 unspecified atom stereocenters. The van der Waals surface area contributed by atoms with Crippen molar-refractivity contribution in [1.82, 2.24) is 19.3 Å². The highest BCUT2D eigenvalue weighted by Crippen LogP contribution is 2.47. The van der Waals surface area contributed by atoms with Gasteiger partial charge in [-0.1, -0.05) is 30.3 Å². The Bertz CT molecular complexity index is 1550. The van der Waals surface area contributed by atoms with Gasteiger partial charge in [-0.2, -0.15) is 5.10 Å². The largest absolute Gasteiger partial charge is 0.497 e. The van der Waals surface area contributed by atoms with Gasteiger partial charge in [0.15, 0.2) is 0 Å². The number of para-hydroxylation sites is 1. The number of nitrogens with one attached hydrogen (secondary N) is 1. The zero-order valence-electron chi connectivity index (χ0n) is 19.3. The zero-order valence-corrected chi connectivity index (χ0v) is 19.3. The van der Waals surface area contributed by atoms with Crippen molar-refractivity contribution in [3.63, 3.8) is 0 Å². The molecule has 174 valence electrons. The highest BCUT2D eigenvalue weighted by Gasteiger charge is 2.37. The first-order chi connectivity index (χ1) is 17.1. The number of ether oxygens (including phenoxy) is 2. The summed E-state index contributed by atoms with van der Waals surface area (Å²) in [6.07, 6.45) is 3.25. The number of furan rings is 1. The summed E-state index contributed by atoms with van der Waals surface area (Å²) in [5.41, 5.74) is 4.63. The Balaban J connectivity index is 1.57. The number of benzene rings is 2. The lowest BCUT2D eigenvalue weighted by molar-refractivity contribution is 0.393. The number of fused-ring (bicyclic) bond motifs is 2. The zero-order chi connectivity index (χ0) is 23.9. The van der Waals surface area contributed by atoms with Gasteiger partial charge in [0.1, 0.15) is 23.3 Å². The van der Waals surface area contributed by atoms with E-state index in [1.54, 1.807) is 28.9 Å². The predicted molar refractivity (Wildman–Crippen MR) is 128 cm³/mol. The molecular weight excluding hydrogens is 442 g/mol. The van der Waals surface area contributed by atoms with Crippen molar-refractivity contribution >= 4 is 0 Å². The van der Waals surface area contributed by atoms with Gasteiger partial charge in [0, 0.05) is 0 Å². The first-order valence-corrected chi connectivity index (χ1v) is 11.3. The minimum absolute atomic E-state index is 0.291. The third-order valence-corrected chi connectivity index (χ3v) is 6.28. The van der Waals surface area contributed by atoms with Crippen LogP contribution in [0.4, 0.5) is 0 Å². The molecule has 4 heterocycles. The second kappa shape index (κ2) is 8.32. The third-order valence-electron chi connectivity index (χ3n) is 6.28. The number of rotatable bonds is 5. The van der Waals surface area contributed by atoms with E-state index >= 15 is 0 Å². The van der Waals surface area contributed by atoms with Crippen LogP contribution in [-0.4, -0.2) is 26.4 Å². The van der Waals surface area contributed by atoms with Crippen LogP contribution in [0.25, 0.3) is 5.69 Å². The van der Waals surface area contributed by atoms with Crippen LogP contribution in [0.5, 0.6) is 17.5 Å². The van der Waals surface area contributed by atoms with E-state index in [2.05, 4.69) is 4.98 Å². The van der Waals surface area contributed by atoms with Crippen LogP contribution in [0.15, 0.2) is 83.7 Å². The third kappa shape index (κ3) is 3.50. The van der Waals surface area contributed by atoms with E-state index in [9.17, 15) is 0 Å². The standard InChI is InChI=1S/C27H23N5O3/c1-17-22-23(18-10-12-20(33-2)13-11-18)24-25(28)31(15-21-9-6-14-34-21)16-29-26(24)35-27(22)32(30-17)19-7-4-3-5-8-19/h3-14,16,23,28H,15H2,1-2H3/t23-/m0/s1. The average molecular weight is 466 g/mol. The van der Waals surface area contributed by atoms with Gasteiger partial charge in [-0.3, -0.25) is 5.41 Å². The fraction of sp³-hybridized carbons (Fsp3) is 0.148. The number of hydrogen-bond donors (Lipinski definition) is 1. The molecule has 35 heavy (non-hydrogen) atoms. The SMILES string of the molecule is COc1ccc([C@H]2c3c(C)nn(-c4ccccc4)c3Oc3ncn(Cc4ccco4)c(=N)c32)cc1. The fourth-order valence-electron chi connectivity index (χ4n) is 4.60. The minimum Gasteiger partial charge on any atom is -0.497 e. The van der Waals surface area contributed by atoms with E-state index in [0.29, 0.717) is 29.4 Å². The smallest absolute Gasteiger partial charge is 0.230 e. The molecule has 0 bridgehead atoms. The molecule has 0 fully saturated rings. The Hall–Kier alpha value is -4.59. The second-order valence-electron chi connectivity index (χ2n) is 8.38. The summed E-state index contributed by atoms with van der Waals surface area (Å²) in [4.78, 5) is 4.63. The number of nitrogens with zero attached hydrogens (tertiary/aromatic N) is 4. The van der Waals surface area contributed by atoms with E-state index in [1.807, 2.05) is 73.7 Å². The summed E-state index contributed by atoms with van der Waals surface area (Å²) in [7, 11) is 1.65. The summed E-state index contributed by atoms with van der Waals surface area (Å²) < 4.78 is 20.8. The lowest BCUT2D eigenvalue weighted by Gasteiger charge is -2.27. The van der Waals surface area contributed by atoms with Gasteiger partial charge in [-0.05, 0) is 48.9 Å². The molecule has 1 N–H and O–H groups in total. The number of aryl methyl sites for hydroxylation is 1. The Morgan fingerprint density at radius 2 is 1.80 bits per heavy atom. The van der Waals surface area contributed by atoms with Crippen LogP contribution in [-0.2, 0) is 6.54 Å². The number of hydrogen-bond acceptors (Lipinski definition) is 6. The van der Waals surface area contributed by atoms with Crippen LogP contribution in [0.3, 0.4) is 0 Å². The van der Waals surface area contributed by atoms with E-state index in [0.717, 1.165) is 34.0 Å². The van der Waals surface area contributed by atoms with Gasteiger partial charge >= 0.3 is 0 Å². The normalized spacial score (nSPS) is 14.2. The average Bonchev–Trinajstić information content (AvgIpc) is 3.53. The van der Waals surface area contributed by atoms with Gasteiger partial charge in [0.25, 0.3) is 0 Å². The van der Waals surface area contributed by atoms with E-state index in [-0.39, 0.29) is 5.92 Å². The van der Waals surface area contributed by atoms with Crippen molar-refractivity contribution < 1.29 is 13.9 Å². The molecule has 5 aromatic rings. The van der Waals surface area contributed by atoms with E-state index in [1.165, 1.54) is 0 Å². The lowest BCUT2D eigenvalue weighted by Crippen LogP contribution is -2.30. The van der Waals surface area contributed by atoms with E-state index in [4.69, 9.17) is 24.4 Å². The van der Waals surface area contributed by atoms with Crippen LogP contribution in [0, 0.1) is 12.3 Å². The molecule has 1 aliphatic heterocycles. The molecule has 1 atom stereocenters. The van der Waals surface area contributed by atoms with Crippen LogP contribution in [0.2, 0.25) is 0 Å². The molecule has 1 aliphatic rings. The van der Waals surface area contributed by atoms with Crippen LogP contribution in [0.1, 0.15) is 34.1 Å². The quantitative estimate of drug-likeness (QED) is 0.395. The second-order valence-corrected chi connectivity index (χ2v) is 8.38. The number of aromatic nitrogens is 4. The minimum atomic E-state index is -0.291. The molecule has 0 saturated heterocycles. The summed E-state index contributed by atoms with van der Waals surface area (Å²) in [5.74, 6) is 2.23. The van der Waals surface area contributed by atoms with Gasteiger partial charge in [-0.15, -0.1) is 0 Å². The molecule has 0 spiro atoms. The summed E-state index contributed by atoms with van der Waals surface area (Å²) in [6, 6.07) is 21.5. The van der Waals surface area contributed by atoms with Crippen molar-refractivity contribution in [2.75, 3.05) is 7.11 Å². The Kier molecular flexibility index (Phi) is 4.99. The van der Waals surface area contributed by atoms with Crippen molar-refractivity contribution in [3.05, 3.63) is 113 Å². The van der Waals surface area contributed by atoms with Crippen molar-refractivity contribution in [2.24, 2.45) is 0 Å². The molecule has 0 amide bonds. The Labute approximate surface area is 201 Å². The van der Waals surface area contributed by atoms with Gasteiger partial charge in [-0.25, -0.2) is 9.67 Å². The molecule has 2 aromatic carbocycles. The summed E-state index contributed by atoms with van der Waals surface area (Å²) in [6.45, 7) is 2.37. The van der Waals surface area contributed by atoms with Gasteiger partial charge < -0.3 is 18.5 Å². The fourth-order valence-corrected chi connectivity index (χ4v) is 4.60. The predicted octanol–water partition coefficient (Wildman–Crippen LogP) is 4.79. The van der Waals surface area contributed by atoms with Crippen molar-refractivity contribution in [3.8, 4) is 23.2 Å². The van der Waals surface area contributed by atoms with Crippen molar-refractivity contribution in [2.45, 2.75) is 19.4 Å². The number of methoxy groups -OCH3 is 1. The molecular formula is C27H23N5O3. The Morgan fingerprint density at radius 3 is 2.51 bits per heavy atom. The maximum Gasteiger partial charge on any atom is 0.230 e. The highest BCUT2D eigenvalue weighted by molar-refractivity contribution is 5.57. The molecule has 6 rings (SSSR count). The maximum atomic E-state index is 9.12. The topological polar surface area (TPSA) is 91.1 Å². The van der Waals surface area contributed by atoms with E-state index < -0.39 is 0 Å². The van der Waals surface area contributed by atoms with Gasteiger partial charge in [0.2, 0.25) is 11.8 Å². The first kappa shape index (κ1) is 21.0.